The van der Waals surface area contributed by atoms with Gasteiger partial charge in [0.15, 0.2) is 5.82 Å². The summed E-state index contributed by atoms with van der Waals surface area (Å²) < 4.78 is 15.5. The SMILES string of the molecule is Cc1cc(F)cc(-c2nnc(CBr)n2C(C)C)c1. The summed E-state index contributed by atoms with van der Waals surface area (Å²) in [5.74, 6) is 1.31. The number of hydrogen-bond acceptors (Lipinski definition) is 2. The van der Waals surface area contributed by atoms with Gasteiger partial charge in [-0.2, -0.15) is 0 Å². The Morgan fingerprint density at radius 3 is 2.56 bits per heavy atom. The van der Waals surface area contributed by atoms with E-state index in [1.54, 1.807) is 0 Å². The lowest BCUT2D eigenvalue weighted by atomic mass is 10.1. The molecule has 3 nitrogen and oxygen atoms in total. The molecule has 2 rings (SSSR count). The lowest BCUT2D eigenvalue weighted by Gasteiger charge is -2.13. The van der Waals surface area contributed by atoms with Crippen LogP contribution in [0.2, 0.25) is 0 Å². The molecular formula is C13H15BrFN3. The zero-order chi connectivity index (χ0) is 13.3. The van der Waals surface area contributed by atoms with Gasteiger partial charge in [-0.3, -0.25) is 0 Å². The van der Waals surface area contributed by atoms with Crippen LogP contribution in [0.5, 0.6) is 0 Å². The van der Waals surface area contributed by atoms with E-state index in [0.717, 1.165) is 17.0 Å². The Morgan fingerprint density at radius 1 is 1.28 bits per heavy atom. The van der Waals surface area contributed by atoms with Crippen molar-refractivity contribution in [1.82, 2.24) is 14.8 Å². The van der Waals surface area contributed by atoms with Crippen LogP contribution >= 0.6 is 15.9 Å². The molecular weight excluding hydrogens is 297 g/mol. The molecule has 0 saturated heterocycles. The van der Waals surface area contributed by atoms with Crippen molar-refractivity contribution < 1.29 is 4.39 Å². The van der Waals surface area contributed by atoms with Gasteiger partial charge in [0, 0.05) is 11.6 Å². The molecule has 5 heteroatoms. The standard InChI is InChI=1S/C13H15BrFN3/c1-8(2)18-12(7-14)16-17-13(18)10-4-9(3)5-11(15)6-10/h4-6,8H,7H2,1-3H3. The topological polar surface area (TPSA) is 30.7 Å². The first kappa shape index (κ1) is 13.2. The van der Waals surface area contributed by atoms with Crippen LogP contribution in [0.4, 0.5) is 4.39 Å². The molecule has 0 fully saturated rings. The molecule has 0 atom stereocenters. The van der Waals surface area contributed by atoms with Crippen LogP contribution in [0.15, 0.2) is 18.2 Å². The minimum Gasteiger partial charge on any atom is -0.308 e. The van der Waals surface area contributed by atoms with Gasteiger partial charge in [-0.25, -0.2) is 4.39 Å². The average molecular weight is 312 g/mol. The van der Waals surface area contributed by atoms with E-state index >= 15 is 0 Å². The lowest BCUT2D eigenvalue weighted by molar-refractivity contribution is 0.585. The summed E-state index contributed by atoms with van der Waals surface area (Å²) in [5.41, 5.74) is 1.64. The van der Waals surface area contributed by atoms with Gasteiger partial charge < -0.3 is 4.57 Å². The number of nitrogens with zero attached hydrogens (tertiary/aromatic N) is 3. The number of halogens is 2. The highest BCUT2D eigenvalue weighted by Crippen LogP contribution is 2.25. The molecule has 0 radical (unpaired) electrons. The van der Waals surface area contributed by atoms with Crippen molar-refractivity contribution in [3.05, 3.63) is 35.4 Å². The van der Waals surface area contributed by atoms with Gasteiger partial charge in [0.25, 0.3) is 0 Å². The number of aromatic nitrogens is 3. The summed E-state index contributed by atoms with van der Waals surface area (Å²) in [5, 5.41) is 8.94. The maximum Gasteiger partial charge on any atom is 0.164 e. The Hall–Kier alpha value is -1.23. The van der Waals surface area contributed by atoms with Gasteiger partial charge in [0.05, 0.1) is 5.33 Å². The Bertz CT molecular complexity index is 543. The van der Waals surface area contributed by atoms with Gasteiger partial charge >= 0.3 is 0 Å². The summed E-state index contributed by atoms with van der Waals surface area (Å²) in [4.78, 5) is 0. The largest absolute Gasteiger partial charge is 0.308 e. The first-order valence-corrected chi connectivity index (χ1v) is 6.92. The van der Waals surface area contributed by atoms with Gasteiger partial charge in [0.2, 0.25) is 0 Å². The summed E-state index contributed by atoms with van der Waals surface area (Å²) in [6.45, 7) is 5.99. The zero-order valence-corrected chi connectivity index (χ0v) is 12.2. The van der Waals surface area contributed by atoms with Crippen molar-refractivity contribution in [1.29, 1.82) is 0 Å². The number of hydrogen-bond donors (Lipinski definition) is 0. The summed E-state index contributed by atoms with van der Waals surface area (Å²) in [6, 6.07) is 5.15. The molecule has 0 aliphatic heterocycles. The Kier molecular flexibility index (Phi) is 3.80. The fourth-order valence-electron chi connectivity index (χ4n) is 2.02. The monoisotopic (exact) mass is 311 g/mol. The molecule has 18 heavy (non-hydrogen) atoms. The maximum atomic E-state index is 13.5. The first-order valence-electron chi connectivity index (χ1n) is 5.80. The van der Waals surface area contributed by atoms with Gasteiger partial charge in [0.1, 0.15) is 11.6 Å². The predicted octanol–water partition coefficient (Wildman–Crippen LogP) is 3.87. The molecule has 0 aliphatic rings. The molecule has 2 aromatic rings. The minimum absolute atomic E-state index is 0.228. The molecule has 0 N–H and O–H groups in total. The average Bonchev–Trinajstić information content (AvgIpc) is 2.71. The second kappa shape index (κ2) is 5.18. The van der Waals surface area contributed by atoms with Crippen LogP contribution in [0.1, 0.15) is 31.3 Å². The van der Waals surface area contributed by atoms with Crippen LogP contribution < -0.4 is 0 Å². The summed E-state index contributed by atoms with van der Waals surface area (Å²) in [7, 11) is 0. The van der Waals surface area contributed by atoms with Crippen molar-refractivity contribution in [3.63, 3.8) is 0 Å². The fraction of sp³-hybridized carbons (Fsp3) is 0.385. The third-order valence-electron chi connectivity index (χ3n) is 2.70. The normalized spacial score (nSPS) is 11.2. The zero-order valence-electron chi connectivity index (χ0n) is 10.6. The van der Waals surface area contributed by atoms with E-state index < -0.39 is 0 Å². The van der Waals surface area contributed by atoms with E-state index in [2.05, 4.69) is 40.0 Å². The van der Waals surface area contributed by atoms with Crippen molar-refractivity contribution in [2.24, 2.45) is 0 Å². The lowest BCUT2D eigenvalue weighted by Crippen LogP contribution is -2.07. The van der Waals surface area contributed by atoms with E-state index in [1.165, 1.54) is 12.1 Å². The number of alkyl halides is 1. The van der Waals surface area contributed by atoms with E-state index in [1.807, 2.05) is 17.6 Å². The van der Waals surface area contributed by atoms with Crippen LogP contribution in [0.25, 0.3) is 11.4 Å². The highest BCUT2D eigenvalue weighted by atomic mass is 79.9. The molecule has 0 aliphatic carbocycles. The summed E-state index contributed by atoms with van der Waals surface area (Å²) in [6.07, 6.45) is 0. The highest BCUT2D eigenvalue weighted by molar-refractivity contribution is 9.08. The predicted molar refractivity (Wildman–Crippen MR) is 73.2 cm³/mol. The summed E-state index contributed by atoms with van der Waals surface area (Å²) >= 11 is 3.39. The second-order valence-electron chi connectivity index (χ2n) is 4.55. The molecule has 1 aromatic carbocycles. The molecule has 1 aromatic heterocycles. The second-order valence-corrected chi connectivity index (χ2v) is 5.12. The number of benzene rings is 1. The van der Waals surface area contributed by atoms with Crippen molar-refractivity contribution in [2.45, 2.75) is 32.1 Å². The first-order chi connectivity index (χ1) is 8.52. The van der Waals surface area contributed by atoms with Gasteiger partial charge in [-0.1, -0.05) is 15.9 Å². The van der Waals surface area contributed by atoms with E-state index in [-0.39, 0.29) is 11.9 Å². The molecule has 96 valence electrons. The van der Waals surface area contributed by atoms with Crippen molar-refractivity contribution in [3.8, 4) is 11.4 Å². The van der Waals surface area contributed by atoms with E-state index in [4.69, 9.17) is 0 Å². The Balaban J connectivity index is 2.60. The molecule has 1 heterocycles. The number of aryl methyl sites for hydroxylation is 1. The maximum absolute atomic E-state index is 13.5. The minimum atomic E-state index is -0.247. The van der Waals surface area contributed by atoms with Gasteiger partial charge in [-0.15, -0.1) is 10.2 Å². The molecule has 0 amide bonds. The van der Waals surface area contributed by atoms with Crippen LogP contribution in [-0.2, 0) is 5.33 Å². The molecule has 0 bridgehead atoms. The highest BCUT2D eigenvalue weighted by Gasteiger charge is 2.16. The Labute approximate surface area is 114 Å². The number of rotatable bonds is 3. The third kappa shape index (κ3) is 2.46. The molecule has 0 spiro atoms. The quantitative estimate of drug-likeness (QED) is 0.806. The Morgan fingerprint density at radius 2 is 2.00 bits per heavy atom. The van der Waals surface area contributed by atoms with Crippen molar-refractivity contribution in [2.75, 3.05) is 0 Å². The van der Waals surface area contributed by atoms with Gasteiger partial charge in [-0.05, 0) is 44.5 Å². The van der Waals surface area contributed by atoms with Crippen LogP contribution in [0, 0.1) is 12.7 Å². The molecule has 0 unspecified atom stereocenters. The fourth-order valence-corrected chi connectivity index (χ4v) is 2.40. The van der Waals surface area contributed by atoms with E-state index in [0.29, 0.717) is 11.2 Å². The third-order valence-corrected chi connectivity index (χ3v) is 3.20. The van der Waals surface area contributed by atoms with Crippen LogP contribution in [0.3, 0.4) is 0 Å². The smallest absolute Gasteiger partial charge is 0.164 e. The van der Waals surface area contributed by atoms with Crippen molar-refractivity contribution >= 4 is 15.9 Å². The van der Waals surface area contributed by atoms with E-state index in [9.17, 15) is 4.39 Å². The van der Waals surface area contributed by atoms with Crippen LogP contribution in [-0.4, -0.2) is 14.8 Å². The molecule has 0 saturated carbocycles.